The molecule has 5 rings (SSSR count). The molecule has 0 bridgehead atoms. The number of nitriles is 2. The number of carbonyl (C=O) groups is 1. The fraction of sp³-hybridized carbons (Fsp3) is 0.417. The van der Waals surface area contributed by atoms with Gasteiger partial charge in [0, 0.05) is 28.5 Å². The largest absolute Gasteiger partial charge is 0.695 e. The SMILES string of the molecule is COC(=O)NC1CCN(c2cc(C#N)cc(Nc3nc(NC4CC4)c4ncc(C#N)n4n3)c2C)CC1O[P+](=O)O. The molecule has 206 valence electrons. The van der Waals surface area contributed by atoms with Crippen LogP contribution >= 0.6 is 8.25 Å². The number of carbonyl (C=O) groups excluding carboxylic acids is 1. The van der Waals surface area contributed by atoms with E-state index in [1.165, 1.54) is 17.8 Å². The van der Waals surface area contributed by atoms with Crippen molar-refractivity contribution >= 4 is 43.1 Å². The zero-order valence-corrected chi connectivity index (χ0v) is 22.6. The zero-order valence-electron chi connectivity index (χ0n) is 21.7. The quantitative estimate of drug-likeness (QED) is 0.290. The zero-order chi connectivity index (χ0) is 28.4. The summed E-state index contributed by atoms with van der Waals surface area (Å²) in [5.41, 5.74) is 3.06. The maximum atomic E-state index is 11.8. The van der Waals surface area contributed by atoms with Crippen molar-refractivity contribution in [2.45, 2.75) is 44.4 Å². The number of nitrogens with one attached hydrogen (secondary N) is 3. The number of ether oxygens (including phenoxy) is 1. The van der Waals surface area contributed by atoms with Gasteiger partial charge in [0.25, 0.3) is 0 Å². The molecule has 1 amide bonds. The molecule has 2 aromatic heterocycles. The number of piperidine rings is 1. The molecule has 1 aliphatic carbocycles. The van der Waals surface area contributed by atoms with Gasteiger partial charge in [0.1, 0.15) is 6.07 Å². The second kappa shape index (κ2) is 11.3. The van der Waals surface area contributed by atoms with E-state index in [2.05, 4.69) is 47.9 Å². The van der Waals surface area contributed by atoms with Crippen molar-refractivity contribution in [1.29, 1.82) is 10.5 Å². The van der Waals surface area contributed by atoms with Gasteiger partial charge >= 0.3 is 14.3 Å². The van der Waals surface area contributed by atoms with Crippen molar-refractivity contribution in [2.24, 2.45) is 0 Å². The van der Waals surface area contributed by atoms with E-state index < -0.39 is 26.5 Å². The summed E-state index contributed by atoms with van der Waals surface area (Å²) in [4.78, 5) is 32.0. The fourth-order valence-electron chi connectivity index (χ4n) is 4.60. The lowest BCUT2D eigenvalue weighted by Gasteiger charge is -2.37. The molecule has 3 atom stereocenters. The molecule has 3 aromatic rings. The highest BCUT2D eigenvalue weighted by Crippen LogP contribution is 2.34. The maximum Gasteiger partial charge on any atom is 0.695 e. The summed E-state index contributed by atoms with van der Waals surface area (Å²) in [7, 11) is -1.70. The van der Waals surface area contributed by atoms with Crippen LogP contribution in [-0.2, 0) is 13.8 Å². The third kappa shape index (κ3) is 5.72. The van der Waals surface area contributed by atoms with Crippen LogP contribution in [0.2, 0.25) is 0 Å². The number of hydrogen-bond donors (Lipinski definition) is 4. The van der Waals surface area contributed by atoms with Crippen LogP contribution in [0.1, 0.15) is 36.1 Å². The van der Waals surface area contributed by atoms with Crippen molar-refractivity contribution in [3.63, 3.8) is 0 Å². The Bertz CT molecular complexity index is 1560. The molecule has 0 radical (unpaired) electrons. The molecule has 1 aromatic carbocycles. The van der Waals surface area contributed by atoms with Crippen molar-refractivity contribution in [2.75, 3.05) is 35.7 Å². The number of methoxy groups -OCH3 is 1. The third-order valence-electron chi connectivity index (χ3n) is 6.76. The Morgan fingerprint density at radius 3 is 2.73 bits per heavy atom. The van der Waals surface area contributed by atoms with Crippen LogP contribution in [0.25, 0.3) is 5.65 Å². The van der Waals surface area contributed by atoms with E-state index in [1.54, 1.807) is 12.1 Å². The van der Waals surface area contributed by atoms with Crippen LogP contribution in [-0.4, -0.2) is 69.0 Å². The lowest BCUT2D eigenvalue weighted by molar-refractivity contribution is 0.115. The summed E-state index contributed by atoms with van der Waals surface area (Å²) in [5, 5.41) is 32.9. The lowest BCUT2D eigenvalue weighted by atomic mass is 9.99. The number of nitrogens with zero attached hydrogens (tertiary/aromatic N) is 7. The molecule has 3 unspecified atom stereocenters. The smallest absolute Gasteiger partial charge is 0.453 e. The van der Waals surface area contributed by atoms with Crippen LogP contribution in [0.4, 0.5) is 27.9 Å². The number of benzene rings is 1. The Hall–Kier alpha value is -4.56. The Morgan fingerprint density at radius 2 is 2.05 bits per heavy atom. The van der Waals surface area contributed by atoms with Crippen LogP contribution in [0.5, 0.6) is 0 Å². The average Bonchev–Trinajstić information content (AvgIpc) is 3.66. The summed E-state index contributed by atoms with van der Waals surface area (Å²) in [5.74, 6) is 0.697. The average molecular weight is 566 g/mol. The molecular weight excluding hydrogens is 539 g/mol. The highest BCUT2D eigenvalue weighted by molar-refractivity contribution is 7.32. The second-order valence-electron chi connectivity index (χ2n) is 9.46. The first-order chi connectivity index (χ1) is 19.3. The number of imidazole rings is 1. The molecule has 1 aliphatic heterocycles. The van der Waals surface area contributed by atoms with E-state index in [-0.39, 0.29) is 24.2 Å². The third-order valence-corrected chi connectivity index (χ3v) is 7.22. The summed E-state index contributed by atoms with van der Waals surface area (Å²) >= 11 is 0. The molecule has 4 N–H and O–H groups in total. The van der Waals surface area contributed by atoms with Crippen molar-refractivity contribution in [1.82, 2.24) is 24.9 Å². The van der Waals surface area contributed by atoms with Crippen LogP contribution in [0, 0.1) is 29.6 Å². The summed E-state index contributed by atoms with van der Waals surface area (Å²) in [6.07, 6.45) is 2.38. The Labute approximate surface area is 229 Å². The number of rotatable bonds is 8. The molecule has 1 saturated heterocycles. The Morgan fingerprint density at radius 1 is 1.25 bits per heavy atom. The molecule has 2 aliphatic rings. The first-order valence-electron chi connectivity index (χ1n) is 12.5. The summed E-state index contributed by atoms with van der Waals surface area (Å²) < 4.78 is 22.8. The maximum absolute atomic E-state index is 11.8. The van der Waals surface area contributed by atoms with Gasteiger partial charge < -0.3 is 25.6 Å². The molecule has 1 saturated carbocycles. The Balaban J connectivity index is 1.47. The van der Waals surface area contributed by atoms with E-state index in [1.807, 2.05) is 11.8 Å². The van der Waals surface area contributed by atoms with Crippen LogP contribution in [0.3, 0.4) is 0 Å². The minimum Gasteiger partial charge on any atom is -0.453 e. The molecule has 3 heterocycles. The number of amides is 1. The van der Waals surface area contributed by atoms with Crippen molar-refractivity contribution in [3.8, 4) is 12.1 Å². The fourth-order valence-corrected chi connectivity index (χ4v) is 5.05. The van der Waals surface area contributed by atoms with E-state index in [0.29, 0.717) is 41.4 Å². The van der Waals surface area contributed by atoms with Gasteiger partial charge in [0.15, 0.2) is 23.3 Å². The second-order valence-corrected chi connectivity index (χ2v) is 10.1. The van der Waals surface area contributed by atoms with E-state index in [0.717, 1.165) is 18.4 Å². The molecular formula is C24H26N10O5P+. The number of alkyl carbamates (subject to hydrolysis) is 1. The van der Waals surface area contributed by atoms with Crippen LogP contribution < -0.4 is 20.9 Å². The molecule has 2 fully saturated rings. The van der Waals surface area contributed by atoms with Crippen molar-refractivity contribution < 1.29 is 23.5 Å². The molecule has 15 nitrogen and oxygen atoms in total. The molecule has 0 spiro atoms. The predicted octanol–water partition coefficient (Wildman–Crippen LogP) is 2.46. The summed E-state index contributed by atoms with van der Waals surface area (Å²) in [6, 6.07) is 7.37. The van der Waals surface area contributed by atoms with Gasteiger partial charge in [-0.25, -0.2) is 9.78 Å². The van der Waals surface area contributed by atoms with Gasteiger partial charge in [0.05, 0.1) is 37.5 Å². The minimum absolute atomic E-state index is 0.171. The van der Waals surface area contributed by atoms with Gasteiger partial charge in [-0.1, -0.05) is 0 Å². The van der Waals surface area contributed by atoms with Gasteiger partial charge in [-0.05, 0) is 43.9 Å². The number of fused-ring (bicyclic) bond motifs is 1. The van der Waals surface area contributed by atoms with Crippen LogP contribution in [0.15, 0.2) is 18.3 Å². The minimum atomic E-state index is -2.93. The van der Waals surface area contributed by atoms with E-state index in [9.17, 15) is 24.8 Å². The van der Waals surface area contributed by atoms with Gasteiger partial charge in [-0.15, -0.1) is 14.5 Å². The first-order valence-corrected chi connectivity index (χ1v) is 13.6. The summed E-state index contributed by atoms with van der Waals surface area (Å²) in [6.45, 7) is 2.49. The predicted molar refractivity (Wildman–Crippen MR) is 142 cm³/mol. The number of anilines is 4. The Kier molecular flexibility index (Phi) is 7.62. The standard InChI is InChI=1S/C24H25N10O5P/c1-13-18(29-23-31-21(28-15-3-4-15)22-27-11-16(10-26)34(22)32-23)7-14(9-25)8-19(13)33-6-5-17(30-24(35)38-2)20(12-33)39-40(36)37/h7-8,11,15,17,20H,3-6,12H2,1-2H3,(H3-,28,29,30,31,32,35,36,37)/p+1. The molecule has 40 heavy (non-hydrogen) atoms. The van der Waals surface area contributed by atoms with Gasteiger partial charge in [-0.2, -0.15) is 20.0 Å². The highest BCUT2D eigenvalue weighted by Gasteiger charge is 2.38. The van der Waals surface area contributed by atoms with Gasteiger partial charge in [-0.3, -0.25) is 0 Å². The normalized spacial score (nSPS) is 18.9. The number of hydrogen-bond acceptors (Lipinski definition) is 12. The van der Waals surface area contributed by atoms with E-state index >= 15 is 0 Å². The number of aromatic nitrogens is 4. The van der Waals surface area contributed by atoms with Crippen molar-refractivity contribution in [3.05, 3.63) is 35.2 Å². The monoisotopic (exact) mass is 565 g/mol. The molecule has 16 heteroatoms. The van der Waals surface area contributed by atoms with E-state index in [4.69, 9.17) is 4.52 Å². The highest BCUT2D eigenvalue weighted by atomic mass is 31.1. The van der Waals surface area contributed by atoms with Gasteiger partial charge in [0.2, 0.25) is 5.95 Å². The lowest BCUT2D eigenvalue weighted by Crippen LogP contribution is -2.54. The topological polar surface area (TPSA) is 203 Å². The first kappa shape index (κ1) is 27.0.